The Morgan fingerprint density at radius 1 is 1.22 bits per heavy atom. The van der Waals surface area contributed by atoms with Crippen LogP contribution in [-0.2, 0) is 22.3 Å². The fourth-order valence-electron chi connectivity index (χ4n) is 4.60. The van der Waals surface area contributed by atoms with Crippen LogP contribution in [0.25, 0.3) is 0 Å². The highest BCUT2D eigenvalue weighted by Crippen LogP contribution is 2.45. The van der Waals surface area contributed by atoms with E-state index < -0.39 is 41.7 Å². The Labute approximate surface area is 185 Å². The molecule has 176 valence electrons. The number of carbonyl (C=O) groups excluding carboxylic acids is 3. The number of hydrogen-bond acceptors (Lipinski definition) is 3. The Kier molecular flexibility index (Phi) is 6.58. The second-order valence-electron chi connectivity index (χ2n) is 9.49. The molecular weight excluding hydrogens is 423 g/mol. The lowest BCUT2D eigenvalue weighted by atomic mass is 9.65. The lowest BCUT2D eigenvalue weighted by Crippen LogP contribution is -2.51. The maximum atomic E-state index is 13.0. The van der Waals surface area contributed by atoms with E-state index in [0.29, 0.717) is 18.8 Å². The summed E-state index contributed by atoms with van der Waals surface area (Å²) in [5, 5.41) is 5.29. The lowest BCUT2D eigenvalue weighted by Gasteiger charge is -2.42. The Bertz CT molecular complexity index is 890. The predicted octanol–water partition coefficient (Wildman–Crippen LogP) is 4.24. The lowest BCUT2D eigenvalue weighted by molar-refractivity contribution is -0.137. The average Bonchev–Trinajstić information content (AvgIpc) is 2.96. The molecule has 0 unspecified atom stereocenters. The maximum Gasteiger partial charge on any atom is 0.416 e. The Morgan fingerprint density at radius 3 is 2.47 bits per heavy atom. The number of nitrogens with zero attached hydrogens (tertiary/aromatic N) is 1. The molecule has 1 spiro atoms. The summed E-state index contributed by atoms with van der Waals surface area (Å²) in [6, 6.07) is 4.04. The van der Waals surface area contributed by atoms with Gasteiger partial charge in [-0.25, -0.2) is 4.79 Å². The fourth-order valence-corrected chi connectivity index (χ4v) is 4.60. The summed E-state index contributed by atoms with van der Waals surface area (Å²) >= 11 is 0. The highest BCUT2D eigenvalue weighted by molar-refractivity contribution is 6.09. The minimum absolute atomic E-state index is 0.134. The van der Waals surface area contributed by atoms with Crippen molar-refractivity contribution in [2.45, 2.75) is 71.1 Å². The standard InChI is InChI=1S/C23H30F3N3O3/c1-4-21(2,3)16-8-10-22(11-9-16)19(31)29(20(32)28-22)14-18(30)27-13-15-6-5-7-17(12-15)23(24,25)26/h5-7,12,16H,4,8-11,13-14H2,1-3H3,(H,27,30)(H,28,32). The van der Waals surface area contributed by atoms with Crippen LogP contribution < -0.4 is 10.6 Å². The van der Waals surface area contributed by atoms with Gasteiger partial charge in [0.2, 0.25) is 5.91 Å². The molecule has 1 aliphatic heterocycles. The van der Waals surface area contributed by atoms with Gasteiger partial charge < -0.3 is 10.6 Å². The van der Waals surface area contributed by atoms with Gasteiger partial charge in [-0.1, -0.05) is 39.3 Å². The normalized spacial score (nSPS) is 24.1. The summed E-state index contributed by atoms with van der Waals surface area (Å²) in [6.07, 6.45) is -0.726. The number of urea groups is 1. The largest absolute Gasteiger partial charge is 0.416 e. The molecule has 0 atom stereocenters. The molecule has 1 aromatic rings. The topological polar surface area (TPSA) is 78.5 Å². The monoisotopic (exact) mass is 453 g/mol. The molecule has 0 aromatic heterocycles. The van der Waals surface area contributed by atoms with Crippen molar-refractivity contribution in [3.8, 4) is 0 Å². The van der Waals surface area contributed by atoms with Crippen LogP contribution in [-0.4, -0.2) is 34.8 Å². The number of imide groups is 1. The van der Waals surface area contributed by atoms with Crippen molar-refractivity contribution in [1.82, 2.24) is 15.5 Å². The van der Waals surface area contributed by atoms with Crippen LogP contribution in [0.15, 0.2) is 24.3 Å². The SMILES string of the molecule is CCC(C)(C)C1CCC2(CC1)NC(=O)N(CC(=O)NCc1cccc(C(F)(F)F)c1)C2=O. The molecule has 1 aliphatic carbocycles. The zero-order valence-corrected chi connectivity index (χ0v) is 18.6. The first-order chi connectivity index (χ1) is 14.9. The van der Waals surface area contributed by atoms with Gasteiger partial charge in [0.15, 0.2) is 0 Å². The number of rotatable bonds is 6. The van der Waals surface area contributed by atoms with Crippen molar-refractivity contribution in [2.75, 3.05) is 6.54 Å². The summed E-state index contributed by atoms with van der Waals surface area (Å²) < 4.78 is 38.5. The van der Waals surface area contributed by atoms with Gasteiger partial charge in [0.1, 0.15) is 12.1 Å². The van der Waals surface area contributed by atoms with Gasteiger partial charge in [0, 0.05) is 6.54 Å². The average molecular weight is 454 g/mol. The molecule has 6 nitrogen and oxygen atoms in total. The van der Waals surface area contributed by atoms with Crippen LogP contribution in [0, 0.1) is 11.3 Å². The summed E-state index contributed by atoms with van der Waals surface area (Å²) in [7, 11) is 0. The molecule has 2 N–H and O–H groups in total. The van der Waals surface area contributed by atoms with E-state index in [0.717, 1.165) is 36.3 Å². The zero-order valence-electron chi connectivity index (χ0n) is 18.6. The quantitative estimate of drug-likeness (QED) is 0.633. The van der Waals surface area contributed by atoms with E-state index in [9.17, 15) is 27.6 Å². The molecule has 1 saturated carbocycles. The van der Waals surface area contributed by atoms with Gasteiger partial charge in [-0.05, 0) is 54.7 Å². The molecule has 9 heteroatoms. The van der Waals surface area contributed by atoms with Gasteiger partial charge in [0.05, 0.1) is 5.56 Å². The van der Waals surface area contributed by atoms with Gasteiger partial charge >= 0.3 is 12.2 Å². The van der Waals surface area contributed by atoms with Crippen LogP contribution in [0.4, 0.5) is 18.0 Å². The summed E-state index contributed by atoms with van der Waals surface area (Å²) in [6.45, 7) is 5.98. The second-order valence-corrected chi connectivity index (χ2v) is 9.49. The first-order valence-corrected chi connectivity index (χ1v) is 10.9. The molecule has 2 aliphatic rings. The molecule has 1 saturated heterocycles. The first kappa shape index (κ1) is 24.1. The van der Waals surface area contributed by atoms with E-state index in [2.05, 4.69) is 31.4 Å². The first-order valence-electron chi connectivity index (χ1n) is 10.9. The Balaban J connectivity index is 1.57. The third-order valence-corrected chi connectivity index (χ3v) is 7.15. The van der Waals surface area contributed by atoms with E-state index in [4.69, 9.17) is 0 Å². The number of alkyl halides is 3. The molecule has 4 amide bonds. The van der Waals surface area contributed by atoms with Crippen molar-refractivity contribution < 1.29 is 27.6 Å². The van der Waals surface area contributed by atoms with Gasteiger partial charge in [-0.3, -0.25) is 14.5 Å². The fraction of sp³-hybridized carbons (Fsp3) is 0.609. The van der Waals surface area contributed by atoms with Crippen molar-refractivity contribution in [3.63, 3.8) is 0 Å². The number of nitrogens with one attached hydrogen (secondary N) is 2. The number of halogens is 3. The minimum atomic E-state index is -4.47. The Morgan fingerprint density at radius 2 is 1.88 bits per heavy atom. The Hall–Kier alpha value is -2.58. The van der Waals surface area contributed by atoms with E-state index in [1.807, 2.05) is 0 Å². The summed E-state index contributed by atoms with van der Waals surface area (Å²) in [4.78, 5) is 38.7. The highest BCUT2D eigenvalue weighted by Gasteiger charge is 2.53. The van der Waals surface area contributed by atoms with Crippen LogP contribution in [0.5, 0.6) is 0 Å². The van der Waals surface area contributed by atoms with E-state index in [1.54, 1.807) is 0 Å². The predicted molar refractivity (Wildman–Crippen MR) is 112 cm³/mol. The molecule has 1 aromatic carbocycles. The second kappa shape index (κ2) is 8.75. The van der Waals surface area contributed by atoms with Crippen molar-refractivity contribution in [1.29, 1.82) is 0 Å². The molecule has 1 heterocycles. The smallest absolute Gasteiger partial charge is 0.350 e. The maximum absolute atomic E-state index is 13.0. The number of carbonyl (C=O) groups is 3. The van der Waals surface area contributed by atoms with Crippen LogP contribution in [0.3, 0.4) is 0 Å². The molecular formula is C23H30F3N3O3. The zero-order chi connectivity index (χ0) is 23.7. The van der Waals surface area contributed by atoms with Crippen LogP contribution in [0.1, 0.15) is 64.0 Å². The molecule has 32 heavy (non-hydrogen) atoms. The summed E-state index contributed by atoms with van der Waals surface area (Å²) in [5.74, 6) is -0.541. The van der Waals surface area contributed by atoms with E-state index >= 15 is 0 Å². The molecule has 2 fully saturated rings. The van der Waals surface area contributed by atoms with Gasteiger partial charge in [-0.2, -0.15) is 13.2 Å². The van der Waals surface area contributed by atoms with Crippen LogP contribution >= 0.6 is 0 Å². The van der Waals surface area contributed by atoms with Crippen molar-refractivity contribution in [2.24, 2.45) is 11.3 Å². The van der Waals surface area contributed by atoms with E-state index in [-0.39, 0.29) is 17.5 Å². The highest BCUT2D eigenvalue weighted by atomic mass is 19.4. The third-order valence-electron chi connectivity index (χ3n) is 7.15. The molecule has 0 bridgehead atoms. The number of hydrogen-bond donors (Lipinski definition) is 2. The minimum Gasteiger partial charge on any atom is -0.350 e. The van der Waals surface area contributed by atoms with Crippen molar-refractivity contribution in [3.05, 3.63) is 35.4 Å². The molecule has 3 rings (SSSR count). The molecule has 0 radical (unpaired) electrons. The van der Waals surface area contributed by atoms with Crippen molar-refractivity contribution >= 4 is 17.8 Å². The number of amides is 4. The van der Waals surface area contributed by atoms with Gasteiger partial charge in [-0.15, -0.1) is 0 Å². The van der Waals surface area contributed by atoms with E-state index in [1.165, 1.54) is 12.1 Å². The van der Waals surface area contributed by atoms with Gasteiger partial charge in [0.25, 0.3) is 5.91 Å². The van der Waals surface area contributed by atoms with Crippen LogP contribution in [0.2, 0.25) is 0 Å². The number of benzene rings is 1. The third kappa shape index (κ3) is 4.91. The summed E-state index contributed by atoms with van der Waals surface area (Å²) in [5.41, 5.74) is -1.32.